The van der Waals surface area contributed by atoms with Gasteiger partial charge in [-0.1, -0.05) is 13.8 Å². The van der Waals surface area contributed by atoms with Gasteiger partial charge in [0.2, 0.25) is 0 Å². The lowest BCUT2D eigenvalue weighted by atomic mass is 9.90. The van der Waals surface area contributed by atoms with Gasteiger partial charge in [0.1, 0.15) is 12.1 Å². The molecule has 0 aliphatic rings. The molecule has 0 aromatic carbocycles. The van der Waals surface area contributed by atoms with Gasteiger partial charge in [-0.3, -0.25) is 4.98 Å². The molecule has 2 aromatic heterocycles. The molecule has 4 heteroatoms. The van der Waals surface area contributed by atoms with Gasteiger partial charge in [0.25, 0.3) is 0 Å². The Morgan fingerprint density at radius 3 is 2.56 bits per heavy atom. The highest BCUT2D eigenvalue weighted by atomic mass is 15.1. The van der Waals surface area contributed by atoms with Crippen LogP contribution >= 0.6 is 0 Å². The Kier molecular flexibility index (Phi) is 3.20. The first-order valence-corrected chi connectivity index (χ1v) is 6.25. The van der Waals surface area contributed by atoms with Crippen LogP contribution in [0.2, 0.25) is 0 Å². The minimum atomic E-state index is -0.0217. The molecule has 0 aliphatic carbocycles. The van der Waals surface area contributed by atoms with E-state index in [0.717, 1.165) is 22.4 Å². The minimum absolute atomic E-state index is 0.0217. The first kappa shape index (κ1) is 12.7. The second kappa shape index (κ2) is 4.52. The molecule has 0 atom stereocenters. The van der Waals surface area contributed by atoms with Crippen LogP contribution < -0.4 is 5.32 Å². The fourth-order valence-corrected chi connectivity index (χ4v) is 1.60. The molecule has 0 spiro atoms. The normalized spacial score (nSPS) is 12.1. The van der Waals surface area contributed by atoms with Crippen molar-refractivity contribution in [1.82, 2.24) is 15.0 Å². The van der Waals surface area contributed by atoms with Crippen LogP contribution in [0.1, 0.15) is 33.4 Å². The standard InChI is InChI=1S/C14H20N4/c1-9(2)14(4,5)18-13-11-7-15-10(3)6-12(11)16-8-17-13/h6-9H,1-5H3,(H,16,17,18). The van der Waals surface area contributed by atoms with E-state index in [1.807, 2.05) is 19.2 Å². The van der Waals surface area contributed by atoms with Gasteiger partial charge in [-0.15, -0.1) is 0 Å². The van der Waals surface area contributed by atoms with Gasteiger partial charge in [0.05, 0.1) is 10.9 Å². The number of nitrogens with one attached hydrogen (secondary N) is 1. The van der Waals surface area contributed by atoms with E-state index in [4.69, 9.17) is 0 Å². The van der Waals surface area contributed by atoms with Crippen molar-refractivity contribution in [2.24, 2.45) is 5.92 Å². The third-order valence-electron chi connectivity index (χ3n) is 3.54. The number of hydrogen-bond acceptors (Lipinski definition) is 4. The van der Waals surface area contributed by atoms with Crippen molar-refractivity contribution in [1.29, 1.82) is 0 Å². The van der Waals surface area contributed by atoms with Crippen LogP contribution in [-0.4, -0.2) is 20.5 Å². The average molecular weight is 244 g/mol. The molecule has 96 valence electrons. The predicted octanol–water partition coefficient (Wildman–Crippen LogP) is 3.18. The number of hydrogen-bond donors (Lipinski definition) is 1. The number of rotatable bonds is 3. The van der Waals surface area contributed by atoms with E-state index < -0.39 is 0 Å². The lowest BCUT2D eigenvalue weighted by Gasteiger charge is -2.31. The fourth-order valence-electron chi connectivity index (χ4n) is 1.60. The van der Waals surface area contributed by atoms with Crippen molar-refractivity contribution in [2.75, 3.05) is 5.32 Å². The molecule has 2 heterocycles. The Hall–Kier alpha value is -1.71. The lowest BCUT2D eigenvalue weighted by Crippen LogP contribution is -2.37. The van der Waals surface area contributed by atoms with Crippen molar-refractivity contribution in [2.45, 2.75) is 40.2 Å². The average Bonchev–Trinajstić information content (AvgIpc) is 2.28. The van der Waals surface area contributed by atoms with Gasteiger partial charge >= 0.3 is 0 Å². The van der Waals surface area contributed by atoms with Gasteiger partial charge in [-0.25, -0.2) is 9.97 Å². The van der Waals surface area contributed by atoms with Crippen LogP contribution in [0.5, 0.6) is 0 Å². The van der Waals surface area contributed by atoms with Crippen molar-refractivity contribution in [3.63, 3.8) is 0 Å². The van der Waals surface area contributed by atoms with Gasteiger partial charge in [0.15, 0.2) is 0 Å². The van der Waals surface area contributed by atoms with Crippen LogP contribution in [0, 0.1) is 12.8 Å². The van der Waals surface area contributed by atoms with Crippen LogP contribution in [0.3, 0.4) is 0 Å². The van der Waals surface area contributed by atoms with E-state index in [9.17, 15) is 0 Å². The molecule has 0 bridgehead atoms. The van der Waals surface area contributed by atoms with Crippen LogP contribution in [0.15, 0.2) is 18.6 Å². The van der Waals surface area contributed by atoms with Gasteiger partial charge < -0.3 is 5.32 Å². The smallest absolute Gasteiger partial charge is 0.139 e. The summed E-state index contributed by atoms with van der Waals surface area (Å²) in [5.41, 5.74) is 1.88. The number of aryl methyl sites for hydroxylation is 1. The van der Waals surface area contributed by atoms with Crippen LogP contribution in [0.4, 0.5) is 5.82 Å². The Labute approximate surface area is 108 Å². The Morgan fingerprint density at radius 2 is 1.89 bits per heavy atom. The van der Waals surface area contributed by atoms with Gasteiger partial charge in [-0.2, -0.15) is 0 Å². The lowest BCUT2D eigenvalue weighted by molar-refractivity contribution is 0.406. The largest absolute Gasteiger partial charge is 0.364 e. The molecule has 0 saturated heterocycles. The van der Waals surface area contributed by atoms with Crippen LogP contribution in [-0.2, 0) is 0 Å². The zero-order valence-electron chi connectivity index (χ0n) is 11.7. The molecule has 0 aliphatic heterocycles. The summed E-state index contributed by atoms with van der Waals surface area (Å²) >= 11 is 0. The Balaban J connectivity index is 2.46. The molecule has 0 unspecified atom stereocenters. The molecule has 0 radical (unpaired) electrons. The summed E-state index contributed by atoms with van der Waals surface area (Å²) in [4.78, 5) is 13.0. The second-order valence-electron chi connectivity index (χ2n) is 5.57. The molecule has 0 amide bonds. The monoisotopic (exact) mass is 244 g/mol. The SMILES string of the molecule is Cc1cc2ncnc(NC(C)(C)C(C)C)c2cn1. The van der Waals surface area contributed by atoms with Gasteiger partial charge in [-0.05, 0) is 32.8 Å². The van der Waals surface area contributed by atoms with E-state index in [0.29, 0.717) is 5.92 Å². The number of anilines is 1. The fraction of sp³-hybridized carbons (Fsp3) is 0.500. The summed E-state index contributed by atoms with van der Waals surface area (Å²) in [5, 5.41) is 4.46. The molecule has 0 saturated carbocycles. The Bertz CT molecular complexity index is 561. The molecular formula is C14H20N4. The summed E-state index contributed by atoms with van der Waals surface area (Å²) in [5.74, 6) is 1.35. The predicted molar refractivity (Wildman–Crippen MR) is 74.6 cm³/mol. The molecule has 2 rings (SSSR count). The minimum Gasteiger partial charge on any atom is -0.364 e. The van der Waals surface area contributed by atoms with Crippen molar-refractivity contribution >= 4 is 16.7 Å². The number of nitrogens with zero attached hydrogens (tertiary/aromatic N) is 3. The molecule has 18 heavy (non-hydrogen) atoms. The number of fused-ring (bicyclic) bond motifs is 1. The summed E-state index contributed by atoms with van der Waals surface area (Å²) < 4.78 is 0. The molecular weight excluding hydrogens is 224 g/mol. The summed E-state index contributed by atoms with van der Waals surface area (Å²) in [6.45, 7) is 10.7. The highest BCUT2D eigenvalue weighted by Crippen LogP contribution is 2.25. The highest BCUT2D eigenvalue weighted by Gasteiger charge is 2.23. The topological polar surface area (TPSA) is 50.7 Å². The first-order valence-electron chi connectivity index (χ1n) is 6.25. The van der Waals surface area contributed by atoms with E-state index in [1.54, 1.807) is 6.33 Å². The van der Waals surface area contributed by atoms with E-state index in [-0.39, 0.29) is 5.54 Å². The van der Waals surface area contributed by atoms with E-state index in [2.05, 4.69) is 48.0 Å². The summed E-state index contributed by atoms with van der Waals surface area (Å²) in [6.07, 6.45) is 3.43. The van der Waals surface area contributed by atoms with E-state index in [1.165, 1.54) is 0 Å². The van der Waals surface area contributed by atoms with Crippen molar-refractivity contribution < 1.29 is 0 Å². The zero-order chi connectivity index (χ0) is 13.3. The first-order chi connectivity index (χ1) is 8.40. The maximum atomic E-state index is 4.34. The molecule has 4 nitrogen and oxygen atoms in total. The van der Waals surface area contributed by atoms with Gasteiger partial charge in [0, 0.05) is 17.4 Å². The Morgan fingerprint density at radius 1 is 1.17 bits per heavy atom. The maximum absolute atomic E-state index is 4.34. The van der Waals surface area contributed by atoms with Crippen LogP contribution in [0.25, 0.3) is 10.9 Å². The molecule has 0 fully saturated rings. The third kappa shape index (κ3) is 2.42. The zero-order valence-corrected chi connectivity index (χ0v) is 11.7. The quantitative estimate of drug-likeness (QED) is 0.901. The second-order valence-corrected chi connectivity index (χ2v) is 5.57. The summed E-state index contributed by atoms with van der Waals surface area (Å²) in [7, 11) is 0. The van der Waals surface area contributed by atoms with E-state index >= 15 is 0 Å². The molecule has 1 N–H and O–H groups in total. The highest BCUT2D eigenvalue weighted by molar-refractivity contribution is 5.88. The van der Waals surface area contributed by atoms with Crippen molar-refractivity contribution in [3.05, 3.63) is 24.3 Å². The number of aromatic nitrogens is 3. The van der Waals surface area contributed by atoms with Crippen molar-refractivity contribution in [3.8, 4) is 0 Å². The molecule has 2 aromatic rings. The third-order valence-corrected chi connectivity index (χ3v) is 3.54. The maximum Gasteiger partial charge on any atom is 0.139 e. The number of pyridine rings is 1. The summed E-state index contributed by atoms with van der Waals surface area (Å²) in [6, 6.07) is 1.98.